The molecule has 1 aliphatic heterocycles. The molecule has 1 aliphatic rings. The minimum Gasteiger partial charge on any atom is -0.508 e. The monoisotopic (exact) mass is 381 g/mol. The number of allylic oxidation sites excluding steroid dienone is 3. The lowest BCUT2D eigenvalue weighted by Gasteiger charge is -2.29. The molecule has 0 radical (unpaired) electrons. The second-order valence-electron chi connectivity index (χ2n) is 7.96. The van der Waals surface area contributed by atoms with Gasteiger partial charge in [0, 0.05) is 30.0 Å². The Labute approximate surface area is 162 Å². The Kier molecular flexibility index (Phi) is 5.35. The number of nitrogens with zero attached hydrogens (tertiary/aromatic N) is 1. The van der Waals surface area contributed by atoms with Crippen LogP contribution in [-0.4, -0.2) is 31.6 Å². The molecular weight excluding hydrogens is 353 g/mol. The molecule has 0 aromatic heterocycles. The molecule has 3 rings (SSSR count). The maximum absolute atomic E-state index is 12.4. The maximum atomic E-state index is 12.4. The van der Waals surface area contributed by atoms with Crippen LogP contribution in [0.5, 0.6) is 5.75 Å². The van der Waals surface area contributed by atoms with Gasteiger partial charge in [-0.1, -0.05) is 42.5 Å². The predicted octanol–water partition coefficient (Wildman–Crippen LogP) is 5.71. The highest BCUT2D eigenvalue weighted by atomic mass is 31.2. The van der Waals surface area contributed by atoms with Crippen LogP contribution in [0.15, 0.2) is 66.4 Å². The molecule has 1 atom stereocenters. The van der Waals surface area contributed by atoms with Gasteiger partial charge in [0.05, 0.1) is 7.14 Å². The molecule has 0 saturated carbocycles. The largest absolute Gasteiger partial charge is 0.508 e. The molecule has 2 aromatic carbocycles. The van der Waals surface area contributed by atoms with Crippen molar-refractivity contribution in [3.8, 4) is 5.75 Å². The van der Waals surface area contributed by atoms with Gasteiger partial charge in [0.2, 0.25) is 0 Å². The Morgan fingerprint density at radius 1 is 1.11 bits per heavy atom. The minimum atomic E-state index is -2.08. The molecule has 4 heteroatoms. The third-order valence-electron chi connectivity index (χ3n) is 5.37. The smallest absolute Gasteiger partial charge is 0.115 e. The van der Waals surface area contributed by atoms with E-state index in [0.717, 1.165) is 18.1 Å². The third-order valence-corrected chi connectivity index (χ3v) is 6.67. The van der Waals surface area contributed by atoms with Gasteiger partial charge in [0.15, 0.2) is 0 Å². The zero-order valence-corrected chi connectivity index (χ0v) is 17.4. The van der Waals surface area contributed by atoms with E-state index in [1.807, 2.05) is 31.5 Å². The van der Waals surface area contributed by atoms with E-state index in [1.165, 1.54) is 16.9 Å². The van der Waals surface area contributed by atoms with Crippen LogP contribution >= 0.6 is 7.14 Å². The number of hydrogen-bond acceptors (Lipinski definition) is 3. The molecule has 0 spiro atoms. The second-order valence-corrected chi connectivity index (χ2v) is 11.6. The van der Waals surface area contributed by atoms with Crippen molar-refractivity contribution in [1.82, 2.24) is 0 Å². The Balaban J connectivity index is 1.96. The lowest BCUT2D eigenvalue weighted by atomic mass is 9.79. The van der Waals surface area contributed by atoms with Crippen molar-refractivity contribution in [3.05, 3.63) is 77.5 Å². The van der Waals surface area contributed by atoms with E-state index in [2.05, 4.69) is 55.3 Å². The number of anilines is 1. The van der Waals surface area contributed by atoms with Crippen molar-refractivity contribution in [2.75, 3.05) is 31.4 Å². The number of phenols is 1. The highest BCUT2D eigenvalue weighted by Gasteiger charge is 2.42. The quantitative estimate of drug-likeness (QED) is 0.675. The van der Waals surface area contributed by atoms with Crippen LogP contribution in [-0.2, 0) is 9.98 Å². The Morgan fingerprint density at radius 2 is 1.78 bits per heavy atom. The van der Waals surface area contributed by atoms with Crippen LogP contribution in [0, 0.1) is 0 Å². The average Bonchev–Trinajstić information content (AvgIpc) is 2.84. The summed E-state index contributed by atoms with van der Waals surface area (Å²) in [7, 11) is 0.0142. The summed E-state index contributed by atoms with van der Waals surface area (Å²) >= 11 is 0. The van der Waals surface area contributed by atoms with E-state index < -0.39 is 7.14 Å². The first kappa shape index (κ1) is 19.5. The first-order valence-electron chi connectivity index (χ1n) is 9.26. The molecule has 142 valence electrons. The summed E-state index contributed by atoms with van der Waals surface area (Å²) in [6, 6.07) is 15.6. The summed E-state index contributed by atoms with van der Waals surface area (Å²) in [4.78, 5) is 2.24. The number of rotatable bonds is 5. The number of fused-ring (bicyclic) bond motifs is 1. The van der Waals surface area contributed by atoms with Crippen molar-refractivity contribution in [1.29, 1.82) is 0 Å². The molecule has 27 heavy (non-hydrogen) atoms. The highest BCUT2D eigenvalue weighted by molar-refractivity contribution is 7.62. The zero-order chi connectivity index (χ0) is 19.7. The van der Waals surface area contributed by atoms with E-state index in [-0.39, 0.29) is 11.2 Å². The van der Waals surface area contributed by atoms with Crippen molar-refractivity contribution < 1.29 is 9.67 Å². The summed E-state index contributed by atoms with van der Waals surface area (Å²) in [5, 5.41) is 9.42. The van der Waals surface area contributed by atoms with Gasteiger partial charge in [-0.3, -0.25) is 0 Å². The summed E-state index contributed by atoms with van der Waals surface area (Å²) in [5.74, 6) is 0.271. The first-order chi connectivity index (χ1) is 12.7. The van der Waals surface area contributed by atoms with E-state index in [0.29, 0.717) is 0 Å². The van der Waals surface area contributed by atoms with E-state index >= 15 is 0 Å². The average molecular weight is 381 g/mol. The molecule has 1 unspecified atom stereocenters. The summed E-state index contributed by atoms with van der Waals surface area (Å²) < 4.78 is 12.4. The van der Waals surface area contributed by atoms with Gasteiger partial charge < -0.3 is 14.6 Å². The number of phenolic OH excluding ortho intramolecular Hbond substituents is 1. The molecule has 3 nitrogen and oxygen atoms in total. The molecule has 0 fully saturated rings. The zero-order valence-electron chi connectivity index (χ0n) is 16.5. The lowest BCUT2D eigenvalue weighted by Crippen LogP contribution is -2.27. The number of aromatic hydroxyl groups is 1. The van der Waals surface area contributed by atoms with Crippen molar-refractivity contribution in [3.63, 3.8) is 0 Å². The van der Waals surface area contributed by atoms with Crippen LogP contribution in [0.4, 0.5) is 5.69 Å². The number of likely N-dealkylation sites (N-methyl/N-ethyl adjacent to an activating group) is 1. The lowest BCUT2D eigenvalue weighted by molar-refractivity contribution is 0.475. The predicted molar refractivity (Wildman–Crippen MR) is 116 cm³/mol. The Bertz CT molecular complexity index is 924. The van der Waals surface area contributed by atoms with Crippen molar-refractivity contribution in [2.45, 2.75) is 18.8 Å². The van der Waals surface area contributed by atoms with Gasteiger partial charge in [-0.2, -0.15) is 0 Å². The van der Waals surface area contributed by atoms with E-state index in [9.17, 15) is 9.67 Å². The minimum absolute atomic E-state index is 0.160. The SMILES string of the molecule is CN1C(=CC=Cc2ccc(O)cc2)C(C)(CCP(C)(C)=O)c2ccccc21. The Hall–Kier alpha value is -2.25. The van der Waals surface area contributed by atoms with E-state index in [4.69, 9.17) is 0 Å². The molecule has 0 saturated heterocycles. The van der Waals surface area contributed by atoms with Gasteiger partial charge in [-0.15, -0.1) is 0 Å². The summed E-state index contributed by atoms with van der Waals surface area (Å²) in [5.41, 5.74) is 4.60. The topological polar surface area (TPSA) is 40.5 Å². The van der Waals surface area contributed by atoms with Gasteiger partial charge in [-0.25, -0.2) is 0 Å². The van der Waals surface area contributed by atoms with Crippen LogP contribution in [0.25, 0.3) is 6.08 Å². The number of benzene rings is 2. The second kappa shape index (κ2) is 7.40. The van der Waals surface area contributed by atoms with Gasteiger partial charge in [0.25, 0.3) is 0 Å². The number of para-hydroxylation sites is 1. The van der Waals surface area contributed by atoms with Crippen molar-refractivity contribution in [2.24, 2.45) is 0 Å². The molecule has 0 bridgehead atoms. The van der Waals surface area contributed by atoms with Gasteiger partial charge in [-0.05, 0) is 62.1 Å². The normalized spacial score (nSPS) is 21.2. The molecule has 1 heterocycles. The first-order valence-corrected chi connectivity index (χ1v) is 12.0. The van der Waals surface area contributed by atoms with Crippen LogP contribution in [0.2, 0.25) is 0 Å². The van der Waals surface area contributed by atoms with Gasteiger partial charge in [0.1, 0.15) is 5.75 Å². The van der Waals surface area contributed by atoms with Crippen LogP contribution in [0.1, 0.15) is 24.5 Å². The fourth-order valence-corrected chi connectivity index (χ4v) is 4.74. The van der Waals surface area contributed by atoms with Crippen LogP contribution < -0.4 is 4.90 Å². The van der Waals surface area contributed by atoms with Crippen LogP contribution in [0.3, 0.4) is 0 Å². The maximum Gasteiger partial charge on any atom is 0.115 e. The highest BCUT2D eigenvalue weighted by Crippen LogP contribution is 2.51. The summed E-state index contributed by atoms with van der Waals surface area (Å²) in [6.45, 7) is 6.00. The Morgan fingerprint density at radius 3 is 2.44 bits per heavy atom. The third kappa shape index (κ3) is 4.20. The molecule has 2 aromatic rings. The molecule has 0 amide bonds. The molecule has 1 N–H and O–H groups in total. The van der Waals surface area contributed by atoms with Crippen molar-refractivity contribution >= 4 is 18.9 Å². The standard InChI is InChI=1S/C23H28NO2P/c1-23(16-17-27(3,4)26)20-9-5-6-10-21(20)24(2)22(23)11-7-8-18-12-14-19(25)15-13-18/h5-15,25H,16-17H2,1-4H3. The van der Waals surface area contributed by atoms with Gasteiger partial charge >= 0.3 is 0 Å². The molecular formula is C23H28NO2P. The van der Waals surface area contributed by atoms with E-state index in [1.54, 1.807) is 12.1 Å². The summed E-state index contributed by atoms with van der Waals surface area (Å²) in [6.07, 6.45) is 7.83. The fraction of sp³-hybridized carbons (Fsp3) is 0.304. The number of hydrogen-bond donors (Lipinski definition) is 1. The fourth-order valence-electron chi connectivity index (χ4n) is 3.76. The molecule has 0 aliphatic carbocycles.